The van der Waals surface area contributed by atoms with Crippen molar-refractivity contribution < 1.29 is 9.47 Å². The van der Waals surface area contributed by atoms with Gasteiger partial charge in [0.2, 0.25) is 0 Å². The summed E-state index contributed by atoms with van der Waals surface area (Å²) in [5.41, 5.74) is 8.91. The second-order valence-electron chi connectivity index (χ2n) is 5.95. The predicted molar refractivity (Wildman–Crippen MR) is 127 cm³/mol. The Morgan fingerprint density at radius 2 is 1.93 bits per heavy atom. The summed E-state index contributed by atoms with van der Waals surface area (Å²) in [5.74, 6) is 1.74. The smallest absolute Gasteiger partial charge is 0.193 e. The number of anilines is 1. The van der Waals surface area contributed by atoms with E-state index in [1.54, 1.807) is 12.5 Å². The number of aromatic nitrogens is 2. The summed E-state index contributed by atoms with van der Waals surface area (Å²) in [7, 11) is 0. The largest absolute Gasteiger partial charge is 0.494 e. The molecule has 0 aliphatic carbocycles. The maximum absolute atomic E-state index is 6.13. The average Bonchev–Trinajstić information content (AvgIpc) is 3.24. The molecule has 0 aliphatic rings. The lowest BCUT2D eigenvalue weighted by molar-refractivity contribution is 0.332. The van der Waals surface area contributed by atoms with Crippen LogP contribution in [0.2, 0.25) is 0 Å². The van der Waals surface area contributed by atoms with Gasteiger partial charge in [0.1, 0.15) is 11.5 Å². The van der Waals surface area contributed by atoms with Gasteiger partial charge in [-0.2, -0.15) is 0 Å². The van der Waals surface area contributed by atoms with Crippen LogP contribution in [0.1, 0.15) is 19.4 Å². The second-order valence-corrected chi connectivity index (χ2v) is 5.95. The van der Waals surface area contributed by atoms with Gasteiger partial charge >= 0.3 is 0 Å². The fourth-order valence-corrected chi connectivity index (χ4v) is 2.79. The molecule has 8 heteroatoms. The Hall–Kier alpha value is -2.75. The number of nitrogens with one attached hydrogen (secondary N) is 1. The van der Waals surface area contributed by atoms with Crippen molar-refractivity contribution >= 4 is 35.6 Å². The summed E-state index contributed by atoms with van der Waals surface area (Å²) in [4.78, 5) is 8.60. The Labute approximate surface area is 188 Å². The van der Waals surface area contributed by atoms with Gasteiger partial charge in [-0.05, 0) is 37.6 Å². The van der Waals surface area contributed by atoms with Crippen LogP contribution in [0.5, 0.6) is 11.5 Å². The molecule has 0 saturated carbocycles. The second kappa shape index (κ2) is 11.3. The topological polar surface area (TPSA) is 86.7 Å². The summed E-state index contributed by atoms with van der Waals surface area (Å²) in [6, 6.07) is 13.6. The normalized spacial score (nSPS) is 10.9. The van der Waals surface area contributed by atoms with E-state index in [4.69, 9.17) is 15.2 Å². The van der Waals surface area contributed by atoms with Gasteiger partial charge < -0.3 is 25.1 Å². The predicted octanol–water partition coefficient (Wildman–Crippen LogP) is 4.21. The maximum atomic E-state index is 6.13. The fourth-order valence-electron chi connectivity index (χ4n) is 2.79. The summed E-state index contributed by atoms with van der Waals surface area (Å²) in [6.07, 6.45) is 5.41. The molecule has 29 heavy (non-hydrogen) atoms. The molecule has 7 nitrogen and oxygen atoms in total. The summed E-state index contributed by atoms with van der Waals surface area (Å²) in [5, 5.41) is 3.12. The molecule has 0 atom stereocenters. The van der Waals surface area contributed by atoms with Crippen LogP contribution in [0.25, 0.3) is 5.69 Å². The molecule has 2 aromatic carbocycles. The molecule has 0 fully saturated rings. The van der Waals surface area contributed by atoms with Crippen LogP contribution < -0.4 is 20.5 Å². The molecule has 1 aromatic heterocycles. The quantitative estimate of drug-likeness (QED) is 0.271. The lowest BCUT2D eigenvalue weighted by Crippen LogP contribution is -2.23. The van der Waals surface area contributed by atoms with Crippen molar-refractivity contribution in [3.05, 3.63) is 66.7 Å². The fraction of sp³-hybridized carbons (Fsp3) is 0.238. The molecule has 1 heterocycles. The molecule has 3 aromatic rings. The van der Waals surface area contributed by atoms with Gasteiger partial charge in [0.15, 0.2) is 5.96 Å². The van der Waals surface area contributed by atoms with E-state index in [0.29, 0.717) is 31.5 Å². The van der Waals surface area contributed by atoms with Crippen LogP contribution in [0, 0.1) is 0 Å². The number of para-hydroxylation sites is 1. The molecular formula is C21H26IN5O2. The average molecular weight is 507 g/mol. The van der Waals surface area contributed by atoms with Crippen LogP contribution in [0.15, 0.2) is 66.2 Å². The number of nitrogens with two attached hydrogens (primary N) is 1. The van der Waals surface area contributed by atoms with E-state index < -0.39 is 0 Å². The minimum Gasteiger partial charge on any atom is -0.494 e. The number of ether oxygens (including phenoxy) is 2. The van der Waals surface area contributed by atoms with Crippen molar-refractivity contribution in [2.45, 2.75) is 20.4 Å². The molecule has 0 spiro atoms. The van der Waals surface area contributed by atoms with E-state index in [2.05, 4.69) is 15.3 Å². The van der Waals surface area contributed by atoms with E-state index >= 15 is 0 Å². The molecule has 0 bridgehead atoms. The monoisotopic (exact) mass is 507 g/mol. The third-order valence-electron chi connectivity index (χ3n) is 4.02. The highest BCUT2D eigenvalue weighted by Crippen LogP contribution is 2.29. The molecule has 0 aliphatic heterocycles. The van der Waals surface area contributed by atoms with Crippen molar-refractivity contribution in [2.75, 3.05) is 18.5 Å². The number of imidazole rings is 1. The first-order valence-corrected chi connectivity index (χ1v) is 9.24. The Morgan fingerprint density at radius 3 is 2.66 bits per heavy atom. The highest BCUT2D eigenvalue weighted by atomic mass is 127. The maximum Gasteiger partial charge on any atom is 0.193 e. The molecule has 0 saturated heterocycles. The first kappa shape index (κ1) is 22.5. The number of hydrogen-bond acceptors (Lipinski definition) is 4. The molecule has 154 valence electrons. The van der Waals surface area contributed by atoms with Gasteiger partial charge in [0, 0.05) is 18.5 Å². The lowest BCUT2D eigenvalue weighted by Gasteiger charge is -2.14. The molecular weight excluding hydrogens is 481 g/mol. The first-order chi connectivity index (χ1) is 13.7. The first-order valence-electron chi connectivity index (χ1n) is 9.24. The SMILES string of the molecule is CCOc1ccc(OCC)c(NC(N)=NCc2ccccc2-n2ccnc2)c1.I. The molecule has 0 amide bonds. The highest BCUT2D eigenvalue weighted by molar-refractivity contribution is 14.0. The zero-order valence-electron chi connectivity index (χ0n) is 16.5. The van der Waals surface area contributed by atoms with Crippen LogP contribution in [-0.2, 0) is 6.54 Å². The van der Waals surface area contributed by atoms with Crippen LogP contribution >= 0.6 is 24.0 Å². The van der Waals surface area contributed by atoms with Gasteiger partial charge in [-0.1, -0.05) is 18.2 Å². The van der Waals surface area contributed by atoms with Crippen molar-refractivity contribution in [3.8, 4) is 17.2 Å². The van der Waals surface area contributed by atoms with Crippen molar-refractivity contribution in [2.24, 2.45) is 10.7 Å². The van der Waals surface area contributed by atoms with Crippen molar-refractivity contribution in [3.63, 3.8) is 0 Å². The molecule has 3 rings (SSSR count). The highest BCUT2D eigenvalue weighted by Gasteiger charge is 2.08. The van der Waals surface area contributed by atoms with Gasteiger partial charge in [-0.15, -0.1) is 24.0 Å². The van der Waals surface area contributed by atoms with Crippen molar-refractivity contribution in [1.82, 2.24) is 9.55 Å². The van der Waals surface area contributed by atoms with E-state index in [1.165, 1.54) is 0 Å². The van der Waals surface area contributed by atoms with Crippen molar-refractivity contribution in [1.29, 1.82) is 0 Å². The van der Waals surface area contributed by atoms with Gasteiger partial charge in [-0.25, -0.2) is 9.98 Å². The van der Waals surface area contributed by atoms with E-state index in [9.17, 15) is 0 Å². The van der Waals surface area contributed by atoms with E-state index in [1.807, 2.05) is 67.1 Å². The number of benzene rings is 2. The zero-order chi connectivity index (χ0) is 19.8. The molecule has 0 radical (unpaired) electrons. The standard InChI is InChI=1S/C21H25N5O2.HI/c1-3-27-17-9-10-20(28-4-2)18(13-17)25-21(22)24-14-16-7-5-6-8-19(16)26-12-11-23-15-26;/h5-13,15H,3-4,14H2,1-2H3,(H3,22,24,25);1H. The Balaban J connectivity index is 0.00000300. The lowest BCUT2D eigenvalue weighted by atomic mass is 10.2. The van der Waals surface area contributed by atoms with E-state index in [-0.39, 0.29) is 24.0 Å². The number of aliphatic imine (C=N–C) groups is 1. The number of guanidine groups is 1. The van der Waals surface area contributed by atoms with E-state index in [0.717, 1.165) is 22.7 Å². The minimum absolute atomic E-state index is 0. The molecule has 0 unspecified atom stereocenters. The number of nitrogens with zero attached hydrogens (tertiary/aromatic N) is 3. The minimum atomic E-state index is 0. The van der Waals surface area contributed by atoms with Crippen LogP contribution in [-0.4, -0.2) is 28.7 Å². The Bertz CT molecular complexity index is 929. The zero-order valence-corrected chi connectivity index (χ0v) is 18.9. The van der Waals surface area contributed by atoms with Gasteiger partial charge in [0.25, 0.3) is 0 Å². The summed E-state index contributed by atoms with van der Waals surface area (Å²) in [6.45, 7) is 5.45. The third kappa shape index (κ3) is 6.11. The Kier molecular flexibility index (Phi) is 8.78. The third-order valence-corrected chi connectivity index (χ3v) is 4.02. The summed E-state index contributed by atoms with van der Waals surface area (Å²) >= 11 is 0. The number of hydrogen-bond donors (Lipinski definition) is 2. The molecule has 3 N–H and O–H groups in total. The van der Waals surface area contributed by atoms with Gasteiger partial charge in [-0.3, -0.25) is 0 Å². The number of halogens is 1. The summed E-state index contributed by atoms with van der Waals surface area (Å²) < 4.78 is 13.2. The van der Waals surface area contributed by atoms with Crippen LogP contribution in [0.3, 0.4) is 0 Å². The van der Waals surface area contributed by atoms with Crippen LogP contribution in [0.4, 0.5) is 5.69 Å². The number of rotatable bonds is 8. The Morgan fingerprint density at radius 1 is 1.14 bits per heavy atom. The van der Waals surface area contributed by atoms with Gasteiger partial charge in [0.05, 0.1) is 37.5 Å².